The molecule has 0 spiro atoms. The predicted octanol–water partition coefficient (Wildman–Crippen LogP) is 2.15. The van der Waals surface area contributed by atoms with Crippen molar-refractivity contribution in [3.05, 3.63) is 53.9 Å². The molecule has 1 N–H and O–H groups in total. The van der Waals surface area contributed by atoms with Gasteiger partial charge in [0.1, 0.15) is 0 Å². The quantitative estimate of drug-likeness (QED) is 0.886. The molecule has 1 aliphatic rings. The van der Waals surface area contributed by atoms with Gasteiger partial charge in [0.05, 0.1) is 29.8 Å². The predicted molar refractivity (Wildman–Crippen MR) is 99.4 cm³/mol. The molecule has 1 aliphatic heterocycles. The van der Waals surface area contributed by atoms with Crippen LogP contribution >= 0.6 is 0 Å². The zero-order valence-electron chi connectivity index (χ0n) is 15.0. The van der Waals surface area contributed by atoms with E-state index < -0.39 is 15.9 Å². The number of benzene rings is 1. The van der Waals surface area contributed by atoms with Crippen molar-refractivity contribution in [2.75, 3.05) is 18.1 Å². The van der Waals surface area contributed by atoms with Crippen molar-refractivity contribution in [2.24, 2.45) is 0 Å². The van der Waals surface area contributed by atoms with E-state index in [0.717, 1.165) is 11.1 Å². The number of amides is 2. The average Bonchev–Trinajstić information content (AvgIpc) is 3.10. The standard InChI is InChI=1S/C18H24N4O3S/c1-3-21-12-16(11-19-21)17-13-26(24,25)10-9-22(17)18(23)20-14(2)15-7-5-4-6-8-15/h4-8,11-12,14,17H,3,9-10,13H2,1-2H3,(H,20,23)/t14-,17+/m1/s1. The first-order valence-electron chi connectivity index (χ1n) is 8.74. The van der Waals surface area contributed by atoms with E-state index in [0.29, 0.717) is 6.54 Å². The van der Waals surface area contributed by atoms with Gasteiger partial charge in [0.25, 0.3) is 0 Å². The SMILES string of the molecule is CCn1cc([C@@H]2CS(=O)(=O)CCN2C(=O)N[C@H](C)c2ccccc2)cn1. The normalized spacial score (nSPS) is 20.5. The Kier molecular flexibility index (Phi) is 5.31. The van der Waals surface area contributed by atoms with Gasteiger partial charge in [-0.15, -0.1) is 0 Å². The summed E-state index contributed by atoms with van der Waals surface area (Å²) in [5.74, 6) is -0.0892. The number of hydrogen-bond donors (Lipinski definition) is 1. The van der Waals surface area contributed by atoms with E-state index in [1.165, 1.54) is 0 Å². The number of hydrogen-bond acceptors (Lipinski definition) is 4. The number of nitrogens with one attached hydrogen (secondary N) is 1. The third kappa shape index (κ3) is 4.07. The number of urea groups is 1. The van der Waals surface area contributed by atoms with E-state index in [2.05, 4.69) is 10.4 Å². The van der Waals surface area contributed by atoms with Gasteiger partial charge in [-0.05, 0) is 19.4 Å². The molecule has 0 bridgehead atoms. The summed E-state index contributed by atoms with van der Waals surface area (Å²) in [6.07, 6.45) is 3.46. The van der Waals surface area contributed by atoms with Crippen molar-refractivity contribution in [3.63, 3.8) is 0 Å². The molecule has 8 heteroatoms. The number of carbonyl (C=O) groups is 1. The molecule has 26 heavy (non-hydrogen) atoms. The molecule has 2 amide bonds. The van der Waals surface area contributed by atoms with Crippen molar-refractivity contribution in [3.8, 4) is 0 Å². The van der Waals surface area contributed by atoms with E-state index in [9.17, 15) is 13.2 Å². The van der Waals surface area contributed by atoms with Gasteiger partial charge in [-0.3, -0.25) is 4.68 Å². The number of carbonyl (C=O) groups excluding carboxylic acids is 1. The first kappa shape index (κ1) is 18.4. The molecule has 0 aliphatic carbocycles. The lowest BCUT2D eigenvalue weighted by molar-refractivity contribution is 0.178. The fraction of sp³-hybridized carbons (Fsp3) is 0.444. The topological polar surface area (TPSA) is 84.3 Å². The lowest BCUT2D eigenvalue weighted by atomic mass is 10.1. The molecule has 1 aromatic heterocycles. The van der Waals surface area contributed by atoms with Crippen molar-refractivity contribution in [2.45, 2.75) is 32.5 Å². The molecule has 7 nitrogen and oxygen atoms in total. The minimum atomic E-state index is -3.18. The Morgan fingerprint density at radius 2 is 2.08 bits per heavy atom. The van der Waals surface area contributed by atoms with Gasteiger partial charge in [0.15, 0.2) is 9.84 Å². The van der Waals surface area contributed by atoms with Gasteiger partial charge in [-0.1, -0.05) is 30.3 Å². The van der Waals surface area contributed by atoms with Gasteiger partial charge in [0.2, 0.25) is 0 Å². The molecule has 2 atom stereocenters. The minimum Gasteiger partial charge on any atom is -0.331 e. The van der Waals surface area contributed by atoms with Gasteiger partial charge < -0.3 is 10.2 Å². The highest BCUT2D eigenvalue weighted by atomic mass is 32.2. The van der Waals surface area contributed by atoms with Crippen molar-refractivity contribution < 1.29 is 13.2 Å². The third-order valence-electron chi connectivity index (χ3n) is 4.69. The molecule has 1 fully saturated rings. The van der Waals surface area contributed by atoms with E-state index in [-0.39, 0.29) is 30.1 Å². The van der Waals surface area contributed by atoms with Gasteiger partial charge in [0, 0.05) is 24.8 Å². The zero-order valence-corrected chi connectivity index (χ0v) is 15.8. The molecular formula is C18H24N4O3S. The summed E-state index contributed by atoms with van der Waals surface area (Å²) in [5, 5.41) is 7.20. The average molecular weight is 376 g/mol. The van der Waals surface area contributed by atoms with Crippen molar-refractivity contribution in [1.29, 1.82) is 0 Å². The highest BCUT2D eigenvalue weighted by Gasteiger charge is 2.36. The number of aromatic nitrogens is 2. The summed E-state index contributed by atoms with van der Waals surface area (Å²) in [5.41, 5.74) is 1.75. The van der Waals surface area contributed by atoms with Crippen LogP contribution in [0.15, 0.2) is 42.7 Å². The Hall–Kier alpha value is -2.35. The number of nitrogens with zero attached hydrogens (tertiary/aromatic N) is 3. The maximum Gasteiger partial charge on any atom is 0.318 e. The van der Waals surface area contributed by atoms with Crippen LogP contribution < -0.4 is 5.32 Å². The molecule has 0 saturated carbocycles. The molecule has 1 saturated heterocycles. The van der Waals surface area contributed by atoms with Crippen LogP contribution in [0.2, 0.25) is 0 Å². The number of rotatable bonds is 4. The summed E-state index contributed by atoms with van der Waals surface area (Å²) in [6.45, 7) is 4.74. The Balaban J connectivity index is 1.80. The largest absolute Gasteiger partial charge is 0.331 e. The van der Waals surface area contributed by atoms with E-state index in [4.69, 9.17) is 0 Å². The second kappa shape index (κ2) is 7.49. The first-order valence-corrected chi connectivity index (χ1v) is 10.6. The van der Waals surface area contributed by atoms with Gasteiger partial charge in [-0.2, -0.15) is 5.10 Å². The van der Waals surface area contributed by atoms with Crippen molar-refractivity contribution >= 4 is 15.9 Å². The molecule has 1 aromatic carbocycles. The summed E-state index contributed by atoms with van der Waals surface area (Å²) in [7, 11) is -3.18. The maximum absolute atomic E-state index is 12.8. The van der Waals surface area contributed by atoms with Crippen LogP contribution in [0.25, 0.3) is 0 Å². The van der Waals surface area contributed by atoms with Crippen LogP contribution in [0.3, 0.4) is 0 Å². The van der Waals surface area contributed by atoms with Crippen molar-refractivity contribution in [1.82, 2.24) is 20.0 Å². The van der Waals surface area contributed by atoms with E-state index in [1.54, 1.807) is 15.8 Å². The van der Waals surface area contributed by atoms with E-state index in [1.807, 2.05) is 50.4 Å². The molecule has 2 aromatic rings. The molecule has 0 unspecified atom stereocenters. The maximum atomic E-state index is 12.8. The van der Waals surface area contributed by atoms with Crippen LogP contribution in [0.5, 0.6) is 0 Å². The fourth-order valence-electron chi connectivity index (χ4n) is 3.14. The molecule has 3 rings (SSSR count). The Bertz CT molecular complexity index is 864. The highest BCUT2D eigenvalue weighted by molar-refractivity contribution is 7.91. The van der Waals surface area contributed by atoms with Crippen LogP contribution in [-0.4, -0.2) is 47.2 Å². The monoisotopic (exact) mass is 376 g/mol. The highest BCUT2D eigenvalue weighted by Crippen LogP contribution is 2.27. The van der Waals surface area contributed by atoms with Crippen LogP contribution in [0.1, 0.15) is 37.1 Å². The lowest BCUT2D eigenvalue weighted by Crippen LogP contribution is -2.50. The second-order valence-corrected chi connectivity index (χ2v) is 8.76. The summed E-state index contributed by atoms with van der Waals surface area (Å²) < 4.78 is 26.0. The first-order chi connectivity index (χ1) is 12.4. The summed E-state index contributed by atoms with van der Waals surface area (Å²) >= 11 is 0. The van der Waals surface area contributed by atoms with E-state index >= 15 is 0 Å². The Morgan fingerprint density at radius 3 is 2.73 bits per heavy atom. The smallest absolute Gasteiger partial charge is 0.318 e. The van der Waals surface area contributed by atoms with Crippen LogP contribution in [0.4, 0.5) is 4.79 Å². The Labute approximate surface area is 153 Å². The van der Waals surface area contributed by atoms with Crippen LogP contribution in [0, 0.1) is 0 Å². The summed E-state index contributed by atoms with van der Waals surface area (Å²) in [4.78, 5) is 14.5. The molecule has 140 valence electrons. The fourth-order valence-corrected chi connectivity index (χ4v) is 4.64. The van der Waals surface area contributed by atoms with Crippen LogP contribution in [-0.2, 0) is 16.4 Å². The zero-order chi connectivity index (χ0) is 18.7. The van der Waals surface area contributed by atoms with Gasteiger partial charge in [-0.25, -0.2) is 13.2 Å². The number of sulfone groups is 1. The summed E-state index contributed by atoms with van der Waals surface area (Å²) in [6, 6.07) is 8.74. The molecule has 0 radical (unpaired) electrons. The Morgan fingerprint density at radius 1 is 1.35 bits per heavy atom. The number of aryl methyl sites for hydroxylation is 1. The van der Waals surface area contributed by atoms with Gasteiger partial charge >= 0.3 is 6.03 Å². The lowest BCUT2D eigenvalue weighted by Gasteiger charge is -2.35. The second-order valence-electron chi connectivity index (χ2n) is 6.53. The minimum absolute atomic E-state index is 0.0153. The molecular weight excluding hydrogens is 352 g/mol. The molecule has 2 heterocycles. The third-order valence-corrected chi connectivity index (χ3v) is 6.32.